The van der Waals surface area contributed by atoms with Crippen LogP contribution in [0.25, 0.3) is 0 Å². The first-order valence-electron chi connectivity index (χ1n) is 4.69. The second-order valence-electron chi connectivity index (χ2n) is 3.40. The molecule has 1 aromatic rings. The van der Waals surface area contributed by atoms with Crippen molar-refractivity contribution in [1.82, 2.24) is 15.5 Å². The largest absolute Gasteiger partial charge is 0.407 e. The molecule has 2 rings (SSSR count). The summed E-state index contributed by atoms with van der Waals surface area (Å²) in [4.78, 5) is 1.90. The number of rotatable bonds is 3. The smallest absolute Gasteiger partial charge is 0.318 e. The molecule has 1 atom stereocenters. The molecule has 0 bridgehead atoms. The van der Waals surface area contributed by atoms with E-state index in [1.807, 2.05) is 11.9 Å². The molecule has 2 heterocycles. The van der Waals surface area contributed by atoms with Gasteiger partial charge in [0.15, 0.2) is 0 Å². The lowest BCUT2D eigenvalue weighted by atomic mass is 10.3. The summed E-state index contributed by atoms with van der Waals surface area (Å²) in [6.07, 6.45) is 0.499. The molecule has 1 aliphatic rings. The molecule has 0 aromatic carbocycles. The molecule has 1 fully saturated rings. The zero-order valence-corrected chi connectivity index (χ0v) is 8.10. The molecule has 6 nitrogen and oxygen atoms in total. The van der Waals surface area contributed by atoms with Crippen molar-refractivity contribution in [1.29, 1.82) is 0 Å². The minimum atomic E-state index is -0.269. The second kappa shape index (κ2) is 3.93. The maximum atomic E-state index is 9.33. The SMILES string of the molecule is CNCc1nnc(N2CCC(O)C2)o1. The van der Waals surface area contributed by atoms with E-state index in [-0.39, 0.29) is 6.10 Å². The molecule has 1 aliphatic heterocycles. The zero-order chi connectivity index (χ0) is 9.97. The van der Waals surface area contributed by atoms with Gasteiger partial charge in [-0.25, -0.2) is 0 Å². The second-order valence-corrected chi connectivity index (χ2v) is 3.40. The molecule has 0 amide bonds. The summed E-state index contributed by atoms with van der Waals surface area (Å²) in [5.41, 5.74) is 0. The number of anilines is 1. The Labute approximate surface area is 81.9 Å². The highest BCUT2D eigenvalue weighted by atomic mass is 16.4. The van der Waals surface area contributed by atoms with Crippen LogP contribution < -0.4 is 10.2 Å². The summed E-state index contributed by atoms with van der Waals surface area (Å²) in [6, 6.07) is 0.506. The zero-order valence-electron chi connectivity index (χ0n) is 8.10. The molecule has 0 saturated carbocycles. The Morgan fingerprint density at radius 3 is 3.14 bits per heavy atom. The third kappa shape index (κ3) is 1.85. The quantitative estimate of drug-likeness (QED) is 0.673. The maximum Gasteiger partial charge on any atom is 0.318 e. The number of hydrogen-bond acceptors (Lipinski definition) is 6. The van der Waals surface area contributed by atoms with Gasteiger partial charge in [0.1, 0.15) is 0 Å². The third-order valence-electron chi connectivity index (χ3n) is 2.22. The lowest BCUT2D eigenvalue weighted by Crippen LogP contribution is -2.21. The molecule has 0 aliphatic carbocycles. The Kier molecular flexibility index (Phi) is 2.64. The Morgan fingerprint density at radius 1 is 1.64 bits per heavy atom. The fourth-order valence-corrected chi connectivity index (χ4v) is 1.51. The summed E-state index contributed by atoms with van der Waals surface area (Å²) < 4.78 is 5.39. The molecule has 78 valence electrons. The van der Waals surface area contributed by atoms with Crippen LogP contribution in [-0.2, 0) is 6.54 Å². The molecule has 0 spiro atoms. The van der Waals surface area contributed by atoms with Crippen molar-refractivity contribution < 1.29 is 9.52 Å². The van der Waals surface area contributed by atoms with E-state index in [9.17, 15) is 5.11 Å². The van der Waals surface area contributed by atoms with Gasteiger partial charge in [0.05, 0.1) is 12.6 Å². The number of aromatic nitrogens is 2. The molecule has 2 N–H and O–H groups in total. The van der Waals surface area contributed by atoms with Gasteiger partial charge in [-0.1, -0.05) is 5.10 Å². The number of nitrogens with one attached hydrogen (secondary N) is 1. The summed E-state index contributed by atoms with van der Waals surface area (Å²) >= 11 is 0. The predicted octanol–water partition coefficient (Wildman–Crippen LogP) is -0.640. The van der Waals surface area contributed by atoms with E-state index in [2.05, 4.69) is 15.5 Å². The van der Waals surface area contributed by atoms with Crippen LogP contribution in [0.3, 0.4) is 0 Å². The van der Waals surface area contributed by atoms with Crippen LogP contribution in [0.2, 0.25) is 0 Å². The monoisotopic (exact) mass is 198 g/mol. The van der Waals surface area contributed by atoms with Crippen LogP contribution >= 0.6 is 0 Å². The first kappa shape index (κ1) is 9.42. The topological polar surface area (TPSA) is 74.4 Å². The first-order valence-corrected chi connectivity index (χ1v) is 4.69. The van der Waals surface area contributed by atoms with E-state index in [0.717, 1.165) is 13.0 Å². The average Bonchev–Trinajstić information content (AvgIpc) is 2.74. The molecular formula is C8H14N4O2. The standard InChI is InChI=1S/C8H14N4O2/c1-9-4-7-10-11-8(14-7)12-3-2-6(13)5-12/h6,9,13H,2-5H2,1H3. The van der Waals surface area contributed by atoms with Gasteiger partial charge in [-0.05, 0) is 13.5 Å². The van der Waals surface area contributed by atoms with Crippen molar-refractivity contribution in [2.75, 3.05) is 25.0 Å². The van der Waals surface area contributed by atoms with Gasteiger partial charge < -0.3 is 19.7 Å². The van der Waals surface area contributed by atoms with E-state index in [1.165, 1.54) is 0 Å². The molecule has 0 radical (unpaired) electrons. The van der Waals surface area contributed by atoms with Gasteiger partial charge in [-0.3, -0.25) is 0 Å². The van der Waals surface area contributed by atoms with Crippen molar-refractivity contribution in [3.63, 3.8) is 0 Å². The van der Waals surface area contributed by atoms with Crippen LogP contribution in [0.4, 0.5) is 6.01 Å². The third-order valence-corrected chi connectivity index (χ3v) is 2.22. The average molecular weight is 198 g/mol. The summed E-state index contributed by atoms with van der Waals surface area (Å²) in [7, 11) is 1.82. The molecule has 14 heavy (non-hydrogen) atoms. The van der Waals surface area contributed by atoms with Crippen molar-refractivity contribution in [2.45, 2.75) is 19.1 Å². The van der Waals surface area contributed by atoms with Gasteiger partial charge in [-0.2, -0.15) is 0 Å². The van der Waals surface area contributed by atoms with Crippen LogP contribution in [0, 0.1) is 0 Å². The van der Waals surface area contributed by atoms with Crippen LogP contribution in [0.15, 0.2) is 4.42 Å². The highest BCUT2D eigenvalue weighted by Gasteiger charge is 2.24. The van der Waals surface area contributed by atoms with Crippen LogP contribution in [0.1, 0.15) is 12.3 Å². The van der Waals surface area contributed by atoms with E-state index in [0.29, 0.717) is 25.0 Å². The number of aliphatic hydroxyl groups is 1. The highest BCUT2D eigenvalue weighted by Crippen LogP contribution is 2.18. The molecule has 1 saturated heterocycles. The summed E-state index contributed by atoms with van der Waals surface area (Å²) in [5, 5.41) is 20.0. The minimum Gasteiger partial charge on any atom is -0.407 e. The number of β-amino-alcohol motifs (C(OH)–C–C–N with tert-alkyl or cyclic N) is 1. The van der Waals surface area contributed by atoms with Crippen molar-refractivity contribution in [3.05, 3.63) is 5.89 Å². The molecular weight excluding hydrogens is 184 g/mol. The first-order chi connectivity index (χ1) is 6.79. The van der Waals surface area contributed by atoms with Gasteiger partial charge in [0.2, 0.25) is 5.89 Å². The lowest BCUT2D eigenvalue weighted by molar-refractivity contribution is 0.198. The number of aliphatic hydroxyl groups excluding tert-OH is 1. The van der Waals surface area contributed by atoms with Crippen LogP contribution in [0.5, 0.6) is 0 Å². The fraction of sp³-hybridized carbons (Fsp3) is 0.750. The van der Waals surface area contributed by atoms with Gasteiger partial charge >= 0.3 is 6.01 Å². The van der Waals surface area contributed by atoms with Crippen molar-refractivity contribution in [2.24, 2.45) is 0 Å². The van der Waals surface area contributed by atoms with E-state index in [4.69, 9.17) is 4.42 Å². The predicted molar refractivity (Wildman–Crippen MR) is 49.9 cm³/mol. The van der Waals surface area contributed by atoms with Gasteiger partial charge in [0, 0.05) is 13.1 Å². The van der Waals surface area contributed by atoms with E-state index in [1.54, 1.807) is 0 Å². The Balaban J connectivity index is 2.02. The fourth-order valence-electron chi connectivity index (χ4n) is 1.51. The van der Waals surface area contributed by atoms with Gasteiger partial charge in [-0.15, -0.1) is 5.10 Å². The summed E-state index contributed by atoms with van der Waals surface area (Å²) in [5.74, 6) is 0.573. The van der Waals surface area contributed by atoms with Gasteiger partial charge in [0.25, 0.3) is 0 Å². The van der Waals surface area contributed by atoms with Crippen LogP contribution in [-0.4, -0.2) is 41.5 Å². The van der Waals surface area contributed by atoms with Crippen molar-refractivity contribution in [3.8, 4) is 0 Å². The number of nitrogens with zero attached hydrogens (tertiary/aromatic N) is 3. The van der Waals surface area contributed by atoms with Crippen molar-refractivity contribution >= 4 is 6.01 Å². The lowest BCUT2D eigenvalue weighted by Gasteiger charge is -2.10. The maximum absolute atomic E-state index is 9.33. The Bertz CT molecular complexity index is 301. The highest BCUT2D eigenvalue weighted by molar-refractivity contribution is 5.26. The Morgan fingerprint density at radius 2 is 2.50 bits per heavy atom. The summed E-state index contributed by atoms with van der Waals surface area (Å²) in [6.45, 7) is 1.94. The molecule has 6 heteroatoms. The number of hydrogen-bond donors (Lipinski definition) is 2. The van der Waals surface area contributed by atoms with E-state index >= 15 is 0 Å². The molecule has 1 aromatic heterocycles. The normalized spacial score (nSPS) is 21.9. The van der Waals surface area contributed by atoms with E-state index < -0.39 is 0 Å². The molecule has 1 unspecified atom stereocenters. The minimum absolute atomic E-state index is 0.269. The Hall–Kier alpha value is -1.14.